The Balaban J connectivity index is 2.04. The molecule has 0 aromatic heterocycles. The lowest BCUT2D eigenvalue weighted by molar-refractivity contribution is 0.0428. The fraction of sp³-hybridized carbons (Fsp3) is 0.500. The van der Waals surface area contributed by atoms with Crippen molar-refractivity contribution in [3.63, 3.8) is 0 Å². The number of ether oxygens (including phenoxy) is 1. The Kier molecular flexibility index (Phi) is 2.65. The van der Waals surface area contributed by atoms with Gasteiger partial charge in [-0.05, 0) is 24.8 Å². The molecular weight excluding hydrogens is 160 g/mol. The molecule has 0 N–H and O–H groups in total. The second-order valence-corrected chi connectivity index (χ2v) is 3.64. The molecule has 0 aliphatic carbocycles. The molecule has 1 aromatic carbocycles. The van der Waals surface area contributed by atoms with Gasteiger partial charge in [0.2, 0.25) is 0 Å². The molecule has 2 rings (SSSR count). The topological polar surface area (TPSA) is 9.23 Å². The molecule has 1 heterocycles. The Labute approximate surface area is 79.7 Å². The molecule has 0 radical (unpaired) electrons. The fourth-order valence-electron chi connectivity index (χ4n) is 1.92. The van der Waals surface area contributed by atoms with Crippen LogP contribution in [0.15, 0.2) is 30.3 Å². The molecule has 1 heteroatoms. The van der Waals surface area contributed by atoms with E-state index in [0.29, 0.717) is 12.2 Å². The molecule has 0 spiro atoms. The molecule has 0 bridgehead atoms. The van der Waals surface area contributed by atoms with Crippen LogP contribution in [0.4, 0.5) is 0 Å². The Morgan fingerprint density at radius 3 is 2.62 bits per heavy atom. The summed E-state index contributed by atoms with van der Waals surface area (Å²) in [7, 11) is 0. The van der Waals surface area contributed by atoms with E-state index in [0.717, 1.165) is 6.42 Å². The summed E-state index contributed by atoms with van der Waals surface area (Å²) in [6, 6.07) is 10.5. The van der Waals surface area contributed by atoms with Crippen LogP contribution in [0.5, 0.6) is 0 Å². The van der Waals surface area contributed by atoms with Gasteiger partial charge in [0.1, 0.15) is 0 Å². The van der Waals surface area contributed by atoms with Gasteiger partial charge in [0.25, 0.3) is 0 Å². The lowest BCUT2D eigenvalue weighted by Crippen LogP contribution is -2.04. The van der Waals surface area contributed by atoms with E-state index in [1.807, 2.05) is 0 Å². The Morgan fingerprint density at radius 2 is 2.00 bits per heavy atom. The van der Waals surface area contributed by atoms with E-state index >= 15 is 0 Å². The second kappa shape index (κ2) is 3.93. The Hall–Kier alpha value is -0.820. The van der Waals surface area contributed by atoms with Gasteiger partial charge in [0.05, 0.1) is 12.2 Å². The van der Waals surface area contributed by atoms with Crippen LogP contribution in [-0.4, -0.2) is 6.10 Å². The van der Waals surface area contributed by atoms with Crippen LogP contribution in [-0.2, 0) is 4.74 Å². The normalized spacial score (nSPS) is 27.8. The Morgan fingerprint density at radius 1 is 1.23 bits per heavy atom. The summed E-state index contributed by atoms with van der Waals surface area (Å²) in [6.07, 6.45) is 4.39. The maximum absolute atomic E-state index is 5.90. The lowest BCUT2D eigenvalue weighted by Gasteiger charge is -2.12. The van der Waals surface area contributed by atoms with Crippen LogP contribution in [0.1, 0.15) is 37.9 Å². The van der Waals surface area contributed by atoms with Gasteiger partial charge >= 0.3 is 0 Å². The molecule has 1 aliphatic heterocycles. The van der Waals surface area contributed by atoms with Gasteiger partial charge in [-0.2, -0.15) is 0 Å². The van der Waals surface area contributed by atoms with Gasteiger partial charge in [-0.1, -0.05) is 37.3 Å². The quantitative estimate of drug-likeness (QED) is 0.671. The summed E-state index contributed by atoms with van der Waals surface area (Å²) in [6.45, 7) is 2.19. The molecule has 13 heavy (non-hydrogen) atoms. The molecule has 2 atom stereocenters. The van der Waals surface area contributed by atoms with Gasteiger partial charge in [0.15, 0.2) is 0 Å². The lowest BCUT2D eigenvalue weighted by atomic mass is 10.1. The SMILES string of the molecule is CC[C@@H]1CC[C@@H](c2ccccc2)O1. The molecule has 1 aromatic rings. The van der Waals surface area contributed by atoms with Crippen molar-refractivity contribution in [3.8, 4) is 0 Å². The molecule has 0 unspecified atom stereocenters. The molecule has 1 fully saturated rings. The summed E-state index contributed by atoms with van der Waals surface area (Å²) in [5.41, 5.74) is 1.33. The van der Waals surface area contributed by atoms with Gasteiger partial charge in [-0.25, -0.2) is 0 Å². The van der Waals surface area contributed by atoms with E-state index in [9.17, 15) is 0 Å². The Bertz CT molecular complexity index is 255. The fourth-order valence-corrected chi connectivity index (χ4v) is 1.92. The third-order valence-electron chi connectivity index (χ3n) is 2.73. The van der Waals surface area contributed by atoms with E-state index in [-0.39, 0.29) is 0 Å². The highest BCUT2D eigenvalue weighted by molar-refractivity contribution is 5.18. The zero-order chi connectivity index (χ0) is 9.10. The van der Waals surface area contributed by atoms with E-state index in [1.54, 1.807) is 0 Å². The molecule has 1 saturated heterocycles. The summed E-state index contributed by atoms with van der Waals surface area (Å²) in [5, 5.41) is 0. The molecule has 1 aliphatic rings. The van der Waals surface area contributed by atoms with Crippen molar-refractivity contribution >= 4 is 0 Å². The third kappa shape index (κ3) is 1.92. The van der Waals surface area contributed by atoms with E-state index in [2.05, 4.69) is 37.3 Å². The van der Waals surface area contributed by atoms with Gasteiger partial charge < -0.3 is 4.74 Å². The van der Waals surface area contributed by atoms with Crippen molar-refractivity contribution < 1.29 is 4.74 Å². The van der Waals surface area contributed by atoms with Crippen LogP contribution < -0.4 is 0 Å². The first-order valence-corrected chi connectivity index (χ1v) is 5.10. The van der Waals surface area contributed by atoms with Crippen LogP contribution >= 0.6 is 0 Å². The summed E-state index contributed by atoms with van der Waals surface area (Å²) < 4.78 is 5.90. The van der Waals surface area contributed by atoms with Crippen molar-refractivity contribution in [2.45, 2.75) is 38.4 Å². The number of hydrogen-bond acceptors (Lipinski definition) is 1. The zero-order valence-electron chi connectivity index (χ0n) is 8.07. The average molecular weight is 176 g/mol. The standard InChI is InChI=1S/C12H16O/c1-2-11-8-9-12(13-11)10-6-4-3-5-7-10/h3-7,11-12H,2,8-9H2,1H3/t11-,12+/m1/s1. The minimum Gasteiger partial charge on any atom is -0.370 e. The van der Waals surface area contributed by atoms with Crippen molar-refractivity contribution in [2.75, 3.05) is 0 Å². The molecule has 70 valence electrons. The molecule has 0 saturated carbocycles. The van der Waals surface area contributed by atoms with Crippen molar-refractivity contribution in [2.24, 2.45) is 0 Å². The van der Waals surface area contributed by atoms with Crippen LogP contribution in [0.3, 0.4) is 0 Å². The maximum Gasteiger partial charge on any atom is 0.0829 e. The summed E-state index contributed by atoms with van der Waals surface area (Å²) in [5.74, 6) is 0. The minimum absolute atomic E-state index is 0.353. The third-order valence-corrected chi connectivity index (χ3v) is 2.73. The van der Waals surface area contributed by atoms with Crippen molar-refractivity contribution in [1.29, 1.82) is 0 Å². The summed E-state index contributed by atoms with van der Waals surface area (Å²) in [4.78, 5) is 0. The van der Waals surface area contributed by atoms with E-state index in [1.165, 1.54) is 18.4 Å². The predicted octanol–water partition coefficient (Wildman–Crippen LogP) is 3.32. The van der Waals surface area contributed by atoms with Gasteiger partial charge in [-0.3, -0.25) is 0 Å². The monoisotopic (exact) mass is 176 g/mol. The maximum atomic E-state index is 5.90. The van der Waals surface area contributed by atoms with E-state index < -0.39 is 0 Å². The highest BCUT2D eigenvalue weighted by Gasteiger charge is 2.24. The zero-order valence-corrected chi connectivity index (χ0v) is 8.07. The smallest absolute Gasteiger partial charge is 0.0829 e. The molecule has 1 nitrogen and oxygen atoms in total. The van der Waals surface area contributed by atoms with Crippen LogP contribution in [0.25, 0.3) is 0 Å². The summed E-state index contributed by atoms with van der Waals surface area (Å²) >= 11 is 0. The first-order valence-electron chi connectivity index (χ1n) is 5.10. The van der Waals surface area contributed by atoms with E-state index in [4.69, 9.17) is 4.74 Å². The highest BCUT2D eigenvalue weighted by Crippen LogP contribution is 2.33. The first kappa shape index (κ1) is 8.76. The number of hydrogen-bond donors (Lipinski definition) is 0. The highest BCUT2D eigenvalue weighted by atomic mass is 16.5. The molecular formula is C12H16O. The second-order valence-electron chi connectivity index (χ2n) is 3.64. The number of benzene rings is 1. The van der Waals surface area contributed by atoms with Gasteiger partial charge in [-0.15, -0.1) is 0 Å². The minimum atomic E-state index is 0.353. The molecule has 0 amide bonds. The predicted molar refractivity (Wildman–Crippen MR) is 53.6 cm³/mol. The average Bonchev–Trinajstić information content (AvgIpc) is 2.67. The van der Waals surface area contributed by atoms with Crippen molar-refractivity contribution in [3.05, 3.63) is 35.9 Å². The van der Waals surface area contributed by atoms with Crippen LogP contribution in [0, 0.1) is 0 Å². The first-order chi connectivity index (χ1) is 6.40. The van der Waals surface area contributed by atoms with Gasteiger partial charge in [0, 0.05) is 0 Å². The van der Waals surface area contributed by atoms with Crippen LogP contribution in [0.2, 0.25) is 0 Å². The number of rotatable bonds is 2. The largest absolute Gasteiger partial charge is 0.370 e. The van der Waals surface area contributed by atoms with Crippen molar-refractivity contribution in [1.82, 2.24) is 0 Å².